The minimum Gasteiger partial charge on any atom is -0.456 e. The molecule has 0 unspecified atom stereocenters. The van der Waals surface area contributed by atoms with Crippen molar-refractivity contribution in [3.8, 4) is 0 Å². The number of hydrogen-bond acceptors (Lipinski definition) is 3. The van der Waals surface area contributed by atoms with Crippen molar-refractivity contribution in [2.24, 2.45) is 0 Å². The highest BCUT2D eigenvalue weighted by Gasteiger charge is 2.15. The van der Waals surface area contributed by atoms with Crippen LogP contribution in [0.4, 0.5) is 0 Å². The van der Waals surface area contributed by atoms with Crippen LogP contribution in [0.5, 0.6) is 0 Å². The van der Waals surface area contributed by atoms with E-state index in [4.69, 9.17) is 9.52 Å². The van der Waals surface area contributed by atoms with E-state index >= 15 is 0 Å². The Morgan fingerprint density at radius 1 is 1.60 bits per heavy atom. The Morgan fingerprint density at radius 3 is 2.73 bits per heavy atom. The summed E-state index contributed by atoms with van der Waals surface area (Å²) in [6, 6.07) is 1.78. The number of amides is 1. The Kier molecular flexibility index (Phi) is 3.91. The number of carbonyl (C=O) groups excluding carboxylic acids is 1. The molecule has 0 spiro atoms. The maximum Gasteiger partial charge on any atom is 0.287 e. The summed E-state index contributed by atoms with van der Waals surface area (Å²) in [4.78, 5) is 11.7. The lowest BCUT2D eigenvalue weighted by Crippen LogP contribution is -2.33. The van der Waals surface area contributed by atoms with E-state index in [0.717, 1.165) is 11.3 Å². The molecule has 0 saturated heterocycles. The van der Waals surface area contributed by atoms with Crippen molar-refractivity contribution in [3.05, 3.63) is 23.2 Å². The summed E-state index contributed by atoms with van der Waals surface area (Å²) in [6.07, 6.45) is 0.546. The van der Waals surface area contributed by atoms with Crippen LogP contribution in [0.25, 0.3) is 0 Å². The molecule has 1 heterocycles. The van der Waals surface area contributed by atoms with Crippen LogP contribution in [0, 0.1) is 13.8 Å². The van der Waals surface area contributed by atoms with Crippen LogP contribution in [-0.4, -0.2) is 23.7 Å². The third kappa shape index (κ3) is 3.09. The Morgan fingerprint density at radius 2 is 2.27 bits per heavy atom. The summed E-state index contributed by atoms with van der Waals surface area (Å²) >= 11 is 0. The Hall–Kier alpha value is -1.29. The molecule has 0 saturated carbocycles. The largest absolute Gasteiger partial charge is 0.456 e. The molecule has 1 atom stereocenters. The van der Waals surface area contributed by atoms with Crippen LogP contribution in [0.15, 0.2) is 10.5 Å². The van der Waals surface area contributed by atoms with Crippen LogP contribution < -0.4 is 5.32 Å². The van der Waals surface area contributed by atoms with E-state index in [1.165, 1.54) is 0 Å². The van der Waals surface area contributed by atoms with Crippen molar-refractivity contribution in [2.75, 3.05) is 6.61 Å². The number of carbonyl (C=O) groups is 1. The van der Waals surface area contributed by atoms with Crippen LogP contribution in [0.2, 0.25) is 0 Å². The topological polar surface area (TPSA) is 62.5 Å². The van der Waals surface area contributed by atoms with Gasteiger partial charge in [-0.3, -0.25) is 4.79 Å². The monoisotopic (exact) mass is 211 g/mol. The minimum atomic E-state index is -0.221. The molecule has 1 aromatic rings. The lowest BCUT2D eigenvalue weighted by atomic mass is 10.2. The summed E-state index contributed by atoms with van der Waals surface area (Å²) in [7, 11) is 0. The number of furan rings is 1. The van der Waals surface area contributed by atoms with Gasteiger partial charge in [0.1, 0.15) is 5.76 Å². The second kappa shape index (κ2) is 4.98. The number of aliphatic hydroxyl groups is 1. The highest BCUT2D eigenvalue weighted by Crippen LogP contribution is 2.13. The van der Waals surface area contributed by atoms with Crippen LogP contribution in [0.1, 0.15) is 35.2 Å². The second-order valence-electron chi connectivity index (χ2n) is 3.76. The van der Waals surface area contributed by atoms with Gasteiger partial charge in [0.2, 0.25) is 0 Å². The smallest absolute Gasteiger partial charge is 0.287 e. The minimum absolute atomic E-state index is 0.0488. The van der Waals surface area contributed by atoms with Crippen molar-refractivity contribution >= 4 is 5.91 Å². The van der Waals surface area contributed by atoms with Gasteiger partial charge in [-0.15, -0.1) is 0 Å². The maximum atomic E-state index is 11.7. The molecule has 4 heteroatoms. The predicted molar refractivity (Wildman–Crippen MR) is 56.8 cm³/mol. The molecular formula is C11H17NO3. The first-order valence-corrected chi connectivity index (χ1v) is 5.03. The zero-order valence-corrected chi connectivity index (χ0v) is 9.33. The molecule has 0 aliphatic rings. The third-order valence-electron chi connectivity index (χ3n) is 2.19. The van der Waals surface area contributed by atoms with Gasteiger partial charge in [0.05, 0.1) is 0 Å². The molecule has 4 nitrogen and oxygen atoms in total. The molecule has 0 radical (unpaired) electrons. The van der Waals surface area contributed by atoms with Crippen LogP contribution >= 0.6 is 0 Å². The van der Waals surface area contributed by atoms with E-state index in [9.17, 15) is 4.79 Å². The molecular weight excluding hydrogens is 194 g/mol. The molecule has 0 fully saturated rings. The Bertz CT molecular complexity index is 344. The average molecular weight is 211 g/mol. The lowest BCUT2D eigenvalue weighted by molar-refractivity contribution is 0.0904. The molecule has 2 N–H and O–H groups in total. The van der Waals surface area contributed by atoms with Gasteiger partial charge in [0.25, 0.3) is 5.91 Å². The van der Waals surface area contributed by atoms with Gasteiger partial charge in [0, 0.05) is 18.2 Å². The molecule has 1 aromatic heterocycles. The fraction of sp³-hybridized carbons (Fsp3) is 0.545. The van der Waals surface area contributed by atoms with Crippen molar-refractivity contribution < 1.29 is 14.3 Å². The summed E-state index contributed by atoms with van der Waals surface area (Å²) in [5.41, 5.74) is 0.834. The Balaban J connectivity index is 2.65. The number of rotatable bonds is 4. The normalized spacial score (nSPS) is 12.5. The van der Waals surface area contributed by atoms with Crippen molar-refractivity contribution in [1.29, 1.82) is 0 Å². The lowest BCUT2D eigenvalue weighted by Gasteiger charge is -2.11. The molecule has 15 heavy (non-hydrogen) atoms. The highest BCUT2D eigenvalue weighted by molar-refractivity contribution is 5.93. The van der Waals surface area contributed by atoms with Gasteiger partial charge >= 0.3 is 0 Å². The van der Waals surface area contributed by atoms with Gasteiger partial charge in [-0.05, 0) is 33.3 Å². The van der Waals surface area contributed by atoms with E-state index in [1.807, 2.05) is 19.9 Å². The fourth-order valence-corrected chi connectivity index (χ4v) is 1.42. The molecule has 0 aromatic carbocycles. The zero-order valence-electron chi connectivity index (χ0n) is 9.33. The first-order chi connectivity index (χ1) is 7.04. The van der Waals surface area contributed by atoms with Crippen molar-refractivity contribution in [1.82, 2.24) is 5.32 Å². The molecule has 84 valence electrons. The van der Waals surface area contributed by atoms with E-state index in [1.54, 1.807) is 6.92 Å². The maximum absolute atomic E-state index is 11.7. The zero-order chi connectivity index (χ0) is 11.4. The van der Waals surface area contributed by atoms with Gasteiger partial charge in [-0.1, -0.05) is 0 Å². The Labute approximate surface area is 89.3 Å². The van der Waals surface area contributed by atoms with Crippen LogP contribution in [-0.2, 0) is 0 Å². The summed E-state index contributed by atoms with van der Waals surface area (Å²) < 4.78 is 5.28. The molecule has 1 amide bonds. The molecule has 0 bridgehead atoms. The number of hydrogen-bond donors (Lipinski definition) is 2. The summed E-state index contributed by atoms with van der Waals surface area (Å²) in [6.45, 7) is 5.56. The van der Waals surface area contributed by atoms with Gasteiger partial charge in [-0.25, -0.2) is 0 Å². The first kappa shape index (κ1) is 11.8. The molecule has 0 aliphatic heterocycles. The summed E-state index contributed by atoms with van der Waals surface area (Å²) in [5, 5.41) is 11.5. The quantitative estimate of drug-likeness (QED) is 0.791. The molecule has 1 rings (SSSR count). The van der Waals surface area contributed by atoms with Gasteiger partial charge in [0.15, 0.2) is 5.76 Å². The first-order valence-electron chi connectivity index (χ1n) is 5.03. The third-order valence-corrected chi connectivity index (χ3v) is 2.19. The predicted octanol–water partition coefficient (Wildman–Crippen LogP) is 1.40. The molecule has 0 aliphatic carbocycles. The standard InChI is InChI=1S/C11H17NO3/c1-7-6-9(3)15-10(7)11(14)12-8(2)4-5-13/h6,8,13H,4-5H2,1-3H3,(H,12,14)/t8-/m1/s1. The van der Waals surface area contributed by atoms with E-state index in [2.05, 4.69) is 5.32 Å². The number of nitrogens with one attached hydrogen (secondary N) is 1. The van der Waals surface area contributed by atoms with Gasteiger partial charge in [-0.2, -0.15) is 0 Å². The average Bonchev–Trinajstić information content (AvgIpc) is 2.45. The van der Waals surface area contributed by atoms with Crippen molar-refractivity contribution in [3.63, 3.8) is 0 Å². The van der Waals surface area contributed by atoms with Gasteiger partial charge < -0.3 is 14.8 Å². The van der Waals surface area contributed by atoms with Crippen LogP contribution in [0.3, 0.4) is 0 Å². The SMILES string of the molecule is Cc1cc(C)c(C(=O)N[C@H](C)CCO)o1. The summed E-state index contributed by atoms with van der Waals surface area (Å²) in [5.74, 6) is 0.867. The number of aryl methyl sites for hydroxylation is 2. The van der Waals surface area contributed by atoms with E-state index in [0.29, 0.717) is 12.2 Å². The fourth-order valence-electron chi connectivity index (χ4n) is 1.42. The van der Waals surface area contributed by atoms with E-state index in [-0.39, 0.29) is 18.6 Å². The highest BCUT2D eigenvalue weighted by atomic mass is 16.3. The van der Waals surface area contributed by atoms with Crippen molar-refractivity contribution in [2.45, 2.75) is 33.2 Å². The number of aliphatic hydroxyl groups excluding tert-OH is 1. The second-order valence-corrected chi connectivity index (χ2v) is 3.76. The van der Waals surface area contributed by atoms with E-state index < -0.39 is 0 Å².